The fourth-order valence-electron chi connectivity index (χ4n) is 1.86. The van der Waals surface area contributed by atoms with E-state index in [2.05, 4.69) is 9.59 Å². The van der Waals surface area contributed by atoms with Gasteiger partial charge < -0.3 is 5.11 Å². The Morgan fingerprint density at radius 1 is 1.25 bits per heavy atom. The number of rotatable bonds is 4. The molecule has 0 aliphatic heterocycles. The molecular weight excluding hydrogens is 289 g/mol. The highest BCUT2D eigenvalue weighted by atomic mass is 32.1. The van der Waals surface area contributed by atoms with Crippen molar-refractivity contribution in [3.05, 3.63) is 46.0 Å². The summed E-state index contributed by atoms with van der Waals surface area (Å²) in [4.78, 5) is 0.674. The summed E-state index contributed by atoms with van der Waals surface area (Å²) < 4.78 is 41.1. The fourth-order valence-corrected chi connectivity index (χ4v) is 2.58. The minimum atomic E-state index is -4.34. The molecule has 2 rings (SSSR count). The van der Waals surface area contributed by atoms with Crippen LogP contribution < -0.4 is 0 Å². The number of hydrogen-bond donors (Lipinski definition) is 1. The Balaban J connectivity index is 2.10. The summed E-state index contributed by atoms with van der Waals surface area (Å²) >= 11 is 1.12. The summed E-state index contributed by atoms with van der Waals surface area (Å²) in [5, 5.41) is 14.0. The molecule has 0 aliphatic rings. The molecule has 3 nitrogen and oxygen atoms in total. The molecule has 108 valence electrons. The molecule has 7 heteroatoms. The Hall–Kier alpha value is -1.47. The van der Waals surface area contributed by atoms with E-state index < -0.39 is 17.8 Å². The molecular formula is C13H13F3N2OS. The Morgan fingerprint density at radius 2 is 1.90 bits per heavy atom. The molecule has 20 heavy (non-hydrogen) atoms. The molecule has 0 aliphatic carbocycles. The number of nitrogens with zero attached hydrogens (tertiary/aromatic N) is 2. The van der Waals surface area contributed by atoms with Gasteiger partial charge in [-0.05, 0) is 35.6 Å². The fraction of sp³-hybridized carbons (Fsp3) is 0.385. The summed E-state index contributed by atoms with van der Waals surface area (Å²) in [7, 11) is 0. The van der Waals surface area contributed by atoms with E-state index >= 15 is 0 Å². The molecule has 1 heterocycles. The van der Waals surface area contributed by atoms with Crippen molar-refractivity contribution in [2.24, 2.45) is 0 Å². The van der Waals surface area contributed by atoms with E-state index in [9.17, 15) is 18.3 Å². The van der Waals surface area contributed by atoms with Gasteiger partial charge in [0, 0.05) is 6.42 Å². The second-order valence-corrected chi connectivity index (χ2v) is 5.14. The van der Waals surface area contributed by atoms with Crippen molar-refractivity contribution in [3.8, 4) is 0 Å². The van der Waals surface area contributed by atoms with Crippen LogP contribution in [0.1, 0.15) is 34.7 Å². The first kappa shape index (κ1) is 14.9. The molecule has 1 atom stereocenters. The smallest absolute Gasteiger partial charge is 0.387 e. The van der Waals surface area contributed by atoms with Gasteiger partial charge in [0.25, 0.3) is 0 Å². The van der Waals surface area contributed by atoms with Gasteiger partial charge in [0.2, 0.25) is 0 Å². The summed E-state index contributed by atoms with van der Waals surface area (Å²) in [6.07, 6.45) is -4.22. The van der Waals surface area contributed by atoms with Gasteiger partial charge in [-0.15, -0.1) is 5.10 Å². The zero-order valence-electron chi connectivity index (χ0n) is 10.7. The molecule has 0 saturated carbocycles. The van der Waals surface area contributed by atoms with Crippen LogP contribution in [0.2, 0.25) is 0 Å². The van der Waals surface area contributed by atoms with Gasteiger partial charge in [0.05, 0.1) is 22.2 Å². The van der Waals surface area contributed by atoms with E-state index in [4.69, 9.17) is 0 Å². The lowest BCUT2D eigenvalue weighted by Gasteiger charge is -2.11. The number of aliphatic hydroxyl groups is 1. The number of aliphatic hydroxyl groups excluding tert-OH is 1. The van der Waals surface area contributed by atoms with Gasteiger partial charge in [-0.25, -0.2) is 0 Å². The average molecular weight is 302 g/mol. The van der Waals surface area contributed by atoms with Gasteiger partial charge >= 0.3 is 6.18 Å². The molecule has 1 aromatic heterocycles. The van der Waals surface area contributed by atoms with Crippen LogP contribution in [-0.2, 0) is 19.0 Å². The molecule has 0 amide bonds. The number of benzene rings is 1. The van der Waals surface area contributed by atoms with Crippen molar-refractivity contribution in [3.63, 3.8) is 0 Å². The van der Waals surface area contributed by atoms with Gasteiger partial charge in [-0.1, -0.05) is 23.5 Å². The predicted octanol–water partition coefficient (Wildman–Crippen LogP) is 3.40. The second kappa shape index (κ2) is 5.88. The van der Waals surface area contributed by atoms with E-state index in [1.54, 1.807) is 0 Å². The first-order chi connectivity index (χ1) is 9.41. The monoisotopic (exact) mass is 302 g/mol. The van der Waals surface area contributed by atoms with Gasteiger partial charge in [0.1, 0.15) is 0 Å². The largest absolute Gasteiger partial charge is 0.416 e. The van der Waals surface area contributed by atoms with E-state index in [0.717, 1.165) is 29.4 Å². The average Bonchev–Trinajstić information content (AvgIpc) is 2.86. The second-order valence-electron chi connectivity index (χ2n) is 4.35. The molecule has 0 fully saturated rings. The zero-order chi connectivity index (χ0) is 14.8. The third-order valence-electron chi connectivity index (χ3n) is 2.93. The van der Waals surface area contributed by atoms with Crippen LogP contribution in [0.5, 0.6) is 0 Å². The van der Waals surface area contributed by atoms with Crippen LogP contribution in [0.3, 0.4) is 0 Å². The standard InChI is InChI=1S/C13H13F3N2OS/c1-2-10-12(20-18-17-10)11(19)7-8-3-5-9(6-4-8)13(14,15)16/h3-6,11,19H,2,7H2,1H3. The highest BCUT2D eigenvalue weighted by Crippen LogP contribution is 2.30. The lowest BCUT2D eigenvalue weighted by atomic mass is 10.0. The number of aromatic nitrogens is 2. The maximum absolute atomic E-state index is 12.4. The van der Waals surface area contributed by atoms with E-state index in [1.165, 1.54) is 12.1 Å². The maximum Gasteiger partial charge on any atom is 0.416 e. The van der Waals surface area contributed by atoms with Crippen LogP contribution in [-0.4, -0.2) is 14.7 Å². The maximum atomic E-state index is 12.4. The Morgan fingerprint density at radius 3 is 2.45 bits per heavy atom. The molecule has 2 aromatic rings. The quantitative estimate of drug-likeness (QED) is 0.941. The summed E-state index contributed by atoms with van der Waals surface area (Å²) in [5.74, 6) is 0. The van der Waals surface area contributed by atoms with Gasteiger partial charge in [-0.2, -0.15) is 13.2 Å². The summed E-state index contributed by atoms with van der Waals surface area (Å²) in [5.41, 5.74) is 0.680. The highest BCUT2D eigenvalue weighted by molar-refractivity contribution is 7.05. The predicted molar refractivity (Wildman–Crippen MR) is 69.4 cm³/mol. The van der Waals surface area contributed by atoms with Gasteiger partial charge in [0.15, 0.2) is 0 Å². The van der Waals surface area contributed by atoms with E-state index in [-0.39, 0.29) is 6.42 Å². The molecule has 0 spiro atoms. The number of hydrogen-bond acceptors (Lipinski definition) is 4. The third kappa shape index (κ3) is 3.34. The molecule has 0 bridgehead atoms. The highest BCUT2D eigenvalue weighted by Gasteiger charge is 2.30. The minimum Gasteiger partial charge on any atom is -0.387 e. The Bertz CT molecular complexity index is 566. The van der Waals surface area contributed by atoms with Crippen molar-refractivity contribution in [1.82, 2.24) is 9.59 Å². The Kier molecular flexibility index (Phi) is 4.39. The number of aryl methyl sites for hydroxylation is 1. The molecule has 1 unspecified atom stereocenters. The van der Waals surface area contributed by atoms with E-state index in [0.29, 0.717) is 16.9 Å². The SMILES string of the molecule is CCc1nnsc1C(O)Cc1ccc(C(F)(F)F)cc1. The summed E-state index contributed by atoms with van der Waals surface area (Å²) in [6.45, 7) is 1.91. The number of halogens is 3. The van der Waals surface area contributed by atoms with Crippen molar-refractivity contribution < 1.29 is 18.3 Å². The first-order valence-corrected chi connectivity index (χ1v) is 6.84. The summed E-state index contributed by atoms with van der Waals surface area (Å²) in [6, 6.07) is 4.81. The molecule has 0 saturated heterocycles. The number of alkyl halides is 3. The first-order valence-electron chi connectivity index (χ1n) is 6.07. The van der Waals surface area contributed by atoms with Crippen LogP contribution in [0.25, 0.3) is 0 Å². The third-order valence-corrected chi connectivity index (χ3v) is 3.80. The van der Waals surface area contributed by atoms with Gasteiger partial charge in [-0.3, -0.25) is 0 Å². The zero-order valence-corrected chi connectivity index (χ0v) is 11.5. The van der Waals surface area contributed by atoms with Crippen LogP contribution >= 0.6 is 11.5 Å². The van der Waals surface area contributed by atoms with Crippen molar-refractivity contribution in [2.75, 3.05) is 0 Å². The topological polar surface area (TPSA) is 46.0 Å². The van der Waals surface area contributed by atoms with Crippen LogP contribution in [0.15, 0.2) is 24.3 Å². The molecule has 1 N–H and O–H groups in total. The lowest BCUT2D eigenvalue weighted by molar-refractivity contribution is -0.137. The lowest BCUT2D eigenvalue weighted by Crippen LogP contribution is -2.06. The van der Waals surface area contributed by atoms with Crippen molar-refractivity contribution >= 4 is 11.5 Å². The molecule has 1 aromatic carbocycles. The Labute approximate surface area is 118 Å². The van der Waals surface area contributed by atoms with Crippen molar-refractivity contribution in [2.45, 2.75) is 32.0 Å². The van der Waals surface area contributed by atoms with E-state index in [1.807, 2.05) is 6.92 Å². The normalized spacial score (nSPS) is 13.4. The van der Waals surface area contributed by atoms with Crippen LogP contribution in [0, 0.1) is 0 Å². The van der Waals surface area contributed by atoms with Crippen molar-refractivity contribution in [1.29, 1.82) is 0 Å². The minimum absolute atomic E-state index is 0.245. The molecule has 0 radical (unpaired) electrons. The van der Waals surface area contributed by atoms with Crippen LogP contribution in [0.4, 0.5) is 13.2 Å².